The predicted octanol–water partition coefficient (Wildman–Crippen LogP) is 2.00. The van der Waals surface area contributed by atoms with Crippen molar-refractivity contribution in [1.82, 2.24) is 0 Å². The van der Waals surface area contributed by atoms with Crippen molar-refractivity contribution < 1.29 is 0 Å². The van der Waals surface area contributed by atoms with Crippen molar-refractivity contribution in [1.29, 1.82) is 0 Å². The summed E-state index contributed by atoms with van der Waals surface area (Å²) in [5, 5.41) is 0. The van der Waals surface area contributed by atoms with Gasteiger partial charge in [0.25, 0.3) is 0 Å². The normalized spacial score (nSPS) is 21.4. The molecule has 48 valence electrons. The second-order valence-electron chi connectivity index (χ2n) is 1.74. The van der Waals surface area contributed by atoms with E-state index < -0.39 is 0 Å². The van der Waals surface area contributed by atoms with Gasteiger partial charge >= 0.3 is 0 Å². The molecule has 3 heteroatoms. The molecule has 9 heavy (non-hydrogen) atoms. The molecule has 0 aliphatic carbocycles. The van der Waals surface area contributed by atoms with Crippen molar-refractivity contribution in [3.8, 4) is 12.3 Å². The third-order valence-electron chi connectivity index (χ3n) is 1.04. The van der Waals surface area contributed by atoms with Gasteiger partial charge in [-0.25, -0.2) is 0 Å². The lowest BCUT2D eigenvalue weighted by atomic mass is 10.2. The zero-order valence-corrected chi connectivity index (χ0v) is 7.24. The minimum absolute atomic E-state index is 0.437. The Morgan fingerprint density at radius 2 is 2.11 bits per heavy atom. The smallest absolute Gasteiger partial charge is 0.104 e. The van der Waals surface area contributed by atoms with Crippen LogP contribution in [0.2, 0.25) is 0 Å². The van der Waals surface area contributed by atoms with Crippen LogP contribution in [0.1, 0.15) is 0 Å². The molecule has 0 saturated carbocycles. The topological polar surface area (TPSA) is 0 Å². The average Bonchev–Trinajstić information content (AvgIpc) is 1.90. The third kappa shape index (κ3) is 2.21. The van der Waals surface area contributed by atoms with Crippen molar-refractivity contribution >= 4 is 39.3 Å². The second-order valence-corrected chi connectivity index (χ2v) is 4.98. The molecule has 0 bridgehead atoms. The number of rotatable bonds is 0. The number of thiocarbonyl (C=S) groups is 1. The van der Waals surface area contributed by atoms with E-state index in [1.165, 1.54) is 0 Å². The molecule has 0 atom stereocenters. The van der Waals surface area contributed by atoms with Gasteiger partial charge in [-0.1, -0.05) is 12.2 Å². The summed E-state index contributed by atoms with van der Waals surface area (Å²) in [6, 6.07) is 0. The summed E-state index contributed by atoms with van der Waals surface area (Å²) in [6.07, 6.45) is 5.23. The highest BCUT2D eigenvalue weighted by molar-refractivity contribution is 8.47. The maximum atomic E-state index is 5.23. The van der Waals surface area contributed by atoms with Gasteiger partial charge in [0.05, 0.1) is 0 Å². The summed E-state index contributed by atoms with van der Waals surface area (Å²) in [6.45, 7) is 0. The Bertz CT molecular complexity index is 146. The Kier molecular flexibility index (Phi) is 2.90. The van der Waals surface area contributed by atoms with Crippen LogP contribution in [-0.4, -0.2) is 15.0 Å². The summed E-state index contributed by atoms with van der Waals surface area (Å²) < 4.78 is 1.04. The van der Waals surface area contributed by atoms with E-state index in [0.29, 0.717) is 5.92 Å². The summed E-state index contributed by atoms with van der Waals surface area (Å²) in [5.74, 6) is 5.19. The molecule has 0 N–H and O–H groups in total. The molecule has 0 aromatic rings. The molecule has 0 spiro atoms. The maximum absolute atomic E-state index is 5.23. The van der Waals surface area contributed by atoms with Gasteiger partial charge in [0.1, 0.15) is 3.53 Å². The molecule has 0 radical (unpaired) electrons. The summed E-state index contributed by atoms with van der Waals surface area (Å²) >= 11 is 8.37. The molecule has 1 aliphatic rings. The van der Waals surface area contributed by atoms with Crippen LogP contribution in [-0.2, 0) is 0 Å². The first kappa shape index (κ1) is 7.46. The van der Waals surface area contributed by atoms with Gasteiger partial charge in [0.15, 0.2) is 0 Å². The lowest BCUT2D eigenvalue weighted by Crippen LogP contribution is -2.11. The monoisotopic (exact) mass is 174 g/mol. The van der Waals surface area contributed by atoms with Gasteiger partial charge in [0.2, 0.25) is 0 Å². The van der Waals surface area contributed by atoms with Gasteiger partial charge in [-0.15, -0.1) is 35.9 Å². The highest BCUT2D eigenvalue weighted by Gasteiger charge is 2.14. The van der Waals surface area contributed by atoms with Crippen molar-refractivity contribution in [3.63, 3.8) is 0 Å². The maximum Gasteiger partial charge on any atom is 0.104 e. The SMILES string of the molecule is C#CC1CSC(=S)SC1. The van der Waals surface area contributed by atoms with E-state index in [0.717, 1.165) is 15.0 Å². The Hall–Kier alpha value is 0.350. The lowest BCUT2D eigenvalue weighted by molar-refractivity contribution is 0.903. The van der Waals surface area contributed by atoms with Crippen LogP contribution in [0.4, 0.5) is 0 Å². The Morgan fingerprint density at radius 1 is 1.56 bits per heavy atom. The van der Waals surface area contributed by atoms with Gasteiger partial charge in [-0.2, -0.15) is 0 Å². The summed E-state index contributed by atoms with van der Waals surface area (Å²) in [4.78, 5) is 0. The average molecular weight is 174 g/mol. The molecular formula is C6H6S3. The molecule has 0 amide bonds. The highest BCUT2D eigenvalue weighted by Crippen LogP contribution is 2.28. The minimum atomic E-state index is 0.437. The fourth-order valence-corrected chi connectivity index (χ4v) is 2.92. The van der Waals surface area contributed by atoms with Crippen molar-refractivity contribution in [2.45, 2.75) is 0 Å². The van der Waals surface area contributed by atoms with Crippen molar-refractivity contribution in [2.24, 2.45) is 5.92 Å². The summed E-state index contributed by atoms with van der Waals surface area (Å²) in [5.41, 5.74) is 0. The largest absolute Gasteiger partial charge is 0.120 e. The quantitative estimate of drug-likeness (QED) is 0.407. The van der Waals surface area contributed by atoms with Crippen LogP contribution in [0.15, 0.2) is 0 Å². The fraction of sp³-hybridized carbons (Fsp3) is 0.500. The molecule has 0 aromatic carbocycles. The van der Waals surface area contributed by atoms with Crippen LogP contribution < -0.4 is 0 Å². The standard InChI is InChI=1S/C6H6S3/c1-2-5-3-8-6(7)9-4-5/h1,5H,3-4H2. The van der Waals surface area contributed by atoms with E-state index in [2.05, 4.69) is 5.92 Å². The van der Waals surface area contributed by atoms with Crippen LogP contribution >= 0.6 is 35.7 Å². The molecule has 1 heterocycles. The zero-order valence-electron chi connectivity index (χ0n) is 4.79. The number of terminal acetylenes is 1. The van der Waals surface area contributed by atoms with Crippen LogP contribution in [0.3, 0.4) is 0 Å². The van der Waals surface area contributed by atoms with E-state index in [4.69, 9.17) is 18.6 Å². The number of hydrogen-bond acceptors (Lipinski definition) is 3. The van der Waals surface area contributed by atoms with Crippen LogP contribution in [0, 0.1) is 18.3 Å². The second kappa shape index (κ2) is 3.50. The Labute approximate surface area is 69.2 Å². The van der Waals surface area contributed by atoms with E-state index in [1.54, 1.807) is 23.5 Å². The van der Waals surface area contributed by atoms with E-state index in [1.807, 2.05) is 0 Å². The molecule has 0 nitrogen and oxygen atoms in total. The molecule has 1 aliphatic heterocycles. The Morgan fingerprint density at radius 3 is 2.56 bits per heavy atom. The Balaban J connectivity index is 2.37. The van der Waals surface area contributed by atoms with Crippen molar-refractivity contribution in [2.75, 3.05) is 11.5 Å². The van der Waals surface area contributed by atoms with Crippen molar-refractivity contribution in [3.05, 3.63) is 0 Å². The molecule has 0 unspecified atom stereocenters. The molecule has 1 fully saturated rings. The first-order chi connectivity index (χ1) is 4.33. The third-order valence-corrected chi connectivity index (χ3v) is 4.06. The van der Waals surface area contributed by atoms with Gasteiger partial charge < -0.3 is 0 Å². The van der Waals surface area contributed by atoms with Crippen LogP contribution in [0.25, 0.3) is 0 Å². The fourth-order valence-electron chi connectivity index (χ4n) is 0.523. The van der Waals surface area contributed by atoms with E-state index >= 15 is 0 Å². The number of thioether (sulfide) groups is 2. The predicted molar refractivity (Wildman–Crippen MR) is 49.8 cm³/mol. The highest BCUT2D eigenvalue weighted by atomic mass is 32.2. The zero-order chi connectivity index (χ0) is 6.69. The number of hydrogen-bond donors (Lipinski definition) is 0. The van der Waals surface area contributed by atoms with Gasteiger partial charge in [-0.05, 0) is 0 Å². The minimum Gasteiger partial charge on any atom is -0.120 e. The molecule has 1 rings (SSSR count). The first-order valence-corrected chi connectivity index (χ1v) is 4.96. The lowest BCUT2D eigenvalue weighted by Gasteiger charge is -2.15. The first-order valence-electron chi connectivity index (χ1n) is 2.58. The van der Waals surface area contributed by atoms with Crippen LogP contribution in [0.5, 0.6) is 0 Å². The van der Waals surface area contributed by atoms with Gasteiger partial charge in [0, 0.05) is 17.4 Å². The molecule has 1 saturated heterocycles. The molecule has 0 aromatic heterocycles. The van der Waals surface area contributed by atoms with E-state index in [9.17, 15) is 0 Å². The molecular weight excluding hydrogens is 168 g/mol. The van der Waals surface area contributed by atoms with E-state index in [-0.39, 0.29) is 0 Å². The van der Waals surface area contributed by atoms with Gasteiger partial charge in [-0.3, -0.25) is 0 Å². The summed E-state index contributed by atoms with van der Waals surface area (Å²) in [7, 11) is 0.